The smallest absolute Gasteiger partial charge is 0.0647 e. The molecule has 2 unspecified atom stereocenters. The maximum absolute atomic E-state index is 10.6. The molecule has 3 rings (SSSR count). The normalized spacial score (nSPS) is 30.1. The van der Waals surface area contributed by atoms with E-state index in [2.05, 4.69) is 48.5 Å². The third-order valence-corrected chi connectivity index (χ3v) is 5.46. The van der Waals surface area contributed by atoms with Crippen LogP contribution in [0.25, 0.3) is 0 Å². The quantitative estimate of drug-likeness (QED) is 0.859. The summed E-state index contributed by atoms with van der Waals surface area (Å²) in [4.78, 5) is 0. The van der Waals surface area contributed by atoms with Crippen molar-refractivity contribution in [2.45, 2.75) is 35.9 Å². The molecule has 0 bridgehead atoms. The molecule has 2 aromatic rings. The Balaban J connectivity index is 1.87. The Hall–Kier alpha value is -1.25. The average molecular weight is 284 g/mol. The van der Waals surface area contributed by atoms with E-state index < -0.39 is 5.60 Å². The summed E-state index contributed by atoms with van der Waals surface area (Å²) in [6.07, 6.45) is 1.65. The molecule has 0 radical (unpaired) electrons. The van der Waals surface area contributed by atoms with Gasteiger partial charge >= 0.3 is 0 Å². The summed E-state index contributed by atoms with van der Waals surface area (Å²) in [5.41, 5.74) is 2.04. The van der Waals surface area contributed by atoms with Crippen molar-refractivity contribution in [3.05, 3.63) is 71.8 Å². The van der Waals surface area contributed by atoms with E-state index in [4.69, 9.17) is 0 Å². The lowest BCUT2D eigenvalue weighted by Gasteiger charge is -2.39. The van der Waals surface area contributed by atoms with Gasteiger partial charge in [-0.15, -0.1) is 11.8 Å². The van der Waals surface area contributed by atoms with Crippen molar-refractivity contribution in [3.63, 3.8) is 0 Å². The molecule has 2 atom stereocenters. The summed E-state index contributed by atoms with van der Waals surface area (Å²) in [6.45, 7) is 1.97. The Labute approximate surface area is 125 Å². The van der Waals surface area contributed by atoms with Gasteiger partial charge in [0.1, 0.15) is 0 Å². The highest BCUT2D eigenvalue weighted by Crippen LogP contribution is 2.53. The van der Waals surface area contributed by atoms with Crippen LogP contribution in [-0.2, 0) is 0 Å². The number of thioether (sulfide) groups is 1. The van der Waals surface area contributed by atoms with Gasteiger partial charge in [-0.1, -0.05) is 60.7 Å². The van der Waals surface area contributed by atoms with E-state index in [1.807, 2.05) is 30.8 Å². The van der Waals surface area contributed by atoms with Crippen LogP contribution in [0.5, 0.6) is 0 Å². The Morgan fingerprint density at radius 1 is 0.850 bits per heavy atom. The van der Waals surface area contributed by atoms with E-state index >= 15 is 0 Å². The second kappa shape index (κ2) is 5.63. The molecule has 0 aliphatic carbocycles. The third kappa shape index (κ3) is 3.08. The van der Waals surface area contributed by atoms with Crippen LogP contribution >= 0.6 is 11.8 Å². The molecule has 1 aliphatic heterocycles. The molecular formula is C18H20OS. The Kier molecular flexibility index (Phi) is 3.86. The van der Waals surface area contributed by atoms with E-state index in [1.54, 1.807) is 0 Å². The van der Waals surface area contributed by atoms with Gasteiger partial charge < -0.3 is 5.11 Å². The molecule has 20 heavy (non-hydrogen) atoms. The zero-order valence-electron chi connectivity index (χ0n) is 11.7. The maximum atomic E-state index is 10.6. The van der Waals surface area contributed by atoms with E-state index in [0.717, 1.165) is 12.8 Å². The van der Waals surface area contributed by atoms with Crippen molar-refractivity contribution in [3.8, 4) is 0 Å². The molecule has 2 aromatic carbocycles. The third-order valence-electron chi connectivity index (χ3n) is 3.92. The fourth-order valence-corrected chi connectivity index (χ4v) is 4.84. The molecule has 1 aliphatic rings. The number of hydrogen-bond donors (Lipinski definition) is 1. The predicted molar refractivity (Wildman–Crippen MR) is 85.8 cm³/mol. The van der Waals surface area contributed by atoms with Crippen molar-refractivity contribution in [2.24, 2.45) is 0 Å². The highest BCUT2D eigenvalue weighted by Gasteiger charge is 2.37. The minimum absolute atomic E-state index is 0.366. The fourth-order valence-electron chi connectivity index (χ4n) is 2.90. The predicted octanol–water partition coefficient (Wildman–Crippen LogP) is 4.75. The van der Waals surface area contributed by atoms with Crippen molar-refractivity contribution >= 4 is 11.8 Å². The van der Waals surface area contributed by atoms with Crippen molar-refractivity contribution in [1.29, 1.82) is 0 Å². The minimum Gasteiger partial charge on any atom is -0.390 e. The SMILES string of the molecule is CC1(O)CC(c2ccccc2)SC(c2ccccc2)C1. The fraction of sp³-hybridized carbons (Fsp3) is 0.333. The number of benzene rings is 2. The molecule has 1 N–H and O–H groups in total. The summed E-state index contributed by atoms with van der Waals surface area (Å²) in [5.74, 6) is 0. The summed E-state index contributed by atoms with van der Waals surface area (Å²) < 4.78 is 0. The van der Waals surface area contributed by atoms with Crippen molar-refractivity contribution in [2.75, 3.05) is 0 Å². The first kappa shape index (κ1) is 13.7. The van der Waals surface area contributed by atoms with Gasteiger partial charge in [0.15, 0.2) is 0 Å². The molecule has 0 amide bonds. The van der Waals surface area contributed by atoms with Gasteiger partial charge in [0.2, 0.25) is 0 Å². The number of rotatable bonds is 2. The van der Waals surface area contributed by atoms with Gasteiger partial charge in [0.05, 0.1) is 5.60 Å². The van der Waals surface area contributed by atoms with Gasteiger partial charge in [-0.05, 0) is 30.9 Å². The Bertz CT molecular complexity index is 501. The first-order chi connectivity index (χ1) is 9.64. The van der Waals surface area contributed by atoms with Crippen molar-refractivity contribution in [1.82, 2.24) is 0 Å². The summed E-state index contributed by atoms with van der Waals surface area (Å²) >= 11 is 1.98. The highest BCUT2D eigenvalue weighted by atomic mass is 32.2. The Morgan fingerprint density at radius 3 is 1.65 bits per heavy atom. The van der Waals surface area contributed by atoms with Crippen LogP contribution in [0, 0.1) is 0 Å². The largest absolute Gasteiger partial charge is 0.390 e. The molecular weight excluding hydrogens is 264 g/mol. The Morgan fingerprint density at radius 2 is 1.25 bits per heavy atom. The van der Waals surface area contributed by atoms with Crippen molar-refractivity contribution < 1.29 is 5.11 Å². The van der Waals surface area contributed by atoms with E-state index in [-0.39, 0.29) is 0 Å². The van der Waals surface area contributed by atoms with E-state index in [9.17, 15) is 5.11 Å². The maximum Gasteiger partial charge on any atom is 0.0647 e. The molecule has 1 saturated heterocycles. The topological polar surface area (TPSA) is 20.2 Å². The summed E-state index contributed by atoms with van der Waals surface area (Å²) in [7, 11) is 0. The van der Waals surface area contributed by atoms with Crippen LogP contribution in [0.3, 0.4) is 0 Å². The first-order valence-electron chi connectivity index (χ1n) is 7.12. The lowest BCUT2D eigenvalue weighted by Crippen LogP contribution is -2.32. The molecule has 0 aromatic heterocycles. The zero-order chi connectivity index (χ0) is 14.0. The molecule has 0 spiro atoms. The monoisotopic (exact) mass is 284 g/mol. The molecule has 0 saturated carbocycles. The molecule has 1 fully saturated rings. The second-order valence-corrected chi connectivity index (χ2v) is 7.25. The van der Waals surface area contributed by atoms with Crippen LogP contribution in [0.15, 0.2) is 60.7 Å². The highest BCUT2D eigenvalue weighted by molar-refractivity contribution is 7.99. The minimum atomic E-state index is -0.591. The van der Waals surface area contributed by atoms with Gasteiger partial charge in [-0.3, -0.25) is 0 Å². The van der Waals surface area contributed by atoms with Crippen LogP contribution in [0.4, 0.5) is 0 Å². The van der Waals surface area contributed by atoms with E-state index in [0.29, 0.717) is 10.5 Å². The van der Waals surface area contributed by atoms with Crippen LogP contribution < -0.4 is 0 Å². The van der Waals surface area contributed by atoms with Gasteiger partial charge in [0.25, 0.3) is 0 Å². The van der Waals surface area contributed by atoms with Crippen LogP contribution in [-0.4, -0.2) is 10.7 Å². The average Bonchev–Trinajstić information content (AvgIpc) is 2.47. The van der Waals surface area contributed by atoms with Crippen LogP contribution in [0.2, 0.25) is 0 Å². The van der Waals surface area contributed by atoms with Gasteiger partial charge in [-0.2, -0.15) is 0 Å². The lowest BCUT2D eigenvalue weighted by atomic mass is 9.89. The van der Waals surface area contributed by atoms with Crippen LogP contribution in [0.1, 0.15) is 41.4 Å². The standard InChI is InChI=1S/C18H20OS/c1-18(19)12-16(14-8-4-2-5-9-14)20-17(13-18)15-10-6-3-7-11-15/h2-11,16-17,19H,12-13H2,1H3. The zero-order valence-corrected chi connectivity index (χ0v) is 12.5. The molecule has 1 heterocycles. The lowest BCUT2D eigenvalue weighted by molar-refractivity contribution is 0.0365. The number of aliphatic hydroxyl groups is 1. The summed E-state index contributed by atoms with van der Waals surface area (Å²) in [5, 5.41) is 11.4. The number of hydrogen-bond acceptors (Lipinski definition) is 2. The molecule has 1 nitrogen and oxygen atoms in total. The second-order valence-electron chi connectivity index (χ2n) is 5.84. The first-order valence-corrected chi connectivity index (χ1v) is 8.06. The molecule has 2 heteroatoms. The van der Waals surface area contributed by atoms with Gasteiger partial charge in [-0.25, -0.2) is 0 Å². The molecule has 104 valence electrons. The summed E-state index contributed by atoms with van der Waals surface area (Å²) in [6, 6.07) is 21.1. The van der Waals surface area contributed by atoms with Gasteiger partial charge in [0, 0.05) is 10.5 Å². The van der Waals surface area contributed by atoms with E-state index in [1.165, 1.54) is 11.1 Å².